The van der Waals surface area contributed by atoms with Crippen LogP contribution in [0, 0.1) is 5.82 Å². The number of hydrogen-bond donors (Lipinski definition) is 1. The molecule has 1 aliphatic heterocycles. The SMILES string of the molecule is O=C(O)C1=C(SCCCc2ccc(F)cc2)N(Cc2ccc(OC(F)(F)F)cc2)CC=C1. The van der Waals surface area contributed by atoms with E-state index in [1.807, 2.05) is 4.90 Å². The van der Waals surface area contributed by atoms with Gasteiger partial charge in [0.25, 0.3) is 0 Å². The van der Waals surface area contributed by atoms with Crippen molar-refractivity contribution in [3.05, 3.63) is 88.2 Å². The number of carboxylic acids is 1. The average Bonchev–Trinajstić information content (AvgIpc) is 2.73. The summed E-state index contributed by atoms with van der Waals surface area (Å²) >= 11 is 1.42. The van der Waals surface area contributed by atoms with Gasteiger partial charge in [-0.25, -0.2) is 9.18 Å². The molecule has 1 heterocycles. The highest BCUT2D eigenvalue weighted by Crippen LogP contribution is 2.31. The van der Waals surface area contributed by atoms with Crippen molar-refractivity contribution in [2.45, 2.75) is 25.7 Å². The lowest BCUT2D eigenvalue weighted by molar-refractivity contribution is -0.274. The number of carboxylic acid groups (broad SMARTS) is 1. The smallest absolute Gasteiger partial charge is 0.478 e. The standard InChI is InChI=1S/C23H21F4NO3S/c24-18-9-5-16(6-10-18)3-2-14-32-21-20(22(29)30)4-1-13-28(21)15-17-7-11-19(12-8-17)31-23(25,26)27/h1,4-12H,2-3,13-15H2,(H,29,30). The van der Waals surface area contributed by atoms with Crippen molar-refractivity contribution in [1.82, 2.24) is 4.90 Å². The van der Waals surface area contributed by atoms with Crippen LogP contribution < -0.4 is 4.74 Å². The second-order valence-electron chi connectivity index (χ2n) is 7.08. The molecule has 0 saturated carbocycles. The topological polar surface area (TPSA) is 49.8 Å². The number of hydrogen-bond acceptors (Lipinski definition) is 4. The fourth-order valence-corrected chi connectivity index (χ4v) is 4.32. The van der Waals surface area contributed by atoms with E-state index in [1.54, 1.807) is 24.3 Å². The van der Waals surface area contributed by atoms with E-state index in [4.69, 9.17) is 0 Å². The first kappa shape index (κ1) is 23.7. The van der Waals surface area contributed by atoms with Gasteiger partial charge in [0.1, 0.15) is 11.6 Å². The third-order valence-electron chi connectivity index (χ3n) is 4.65. The molecule has 0 saturated heterocycles. The maximum absolute atomic E-state index is 13.0. The van der Waals surface area contributed by atoms with E-state index in [1.165, 1.54) is 48.2 Å². The first-order valence-corrected chi connectivity index (χ1v) is 10.8. The molecular weight excluding hydrogens is 446 g/mol. The highest BCUT2D eigenvalue weighted by atomic mass is 32.2. The number of halogens is 4. The third kappa shape index (κ3) is 7.05. The Morgan fingerprint density at radius 3 is 2.34 bits per heavy atom. The first-order chi connectivity index (χ1) is 15.2. The lowest BCUT2D eigenvalue weighted by Gasteiger charge is -2.29. The van der Waals surface area contributed by atoms with Crippen molar-refractivity contribution < 1.29 is 32.2 Å². The molecule has 9 heteroatoms. The molecular formula is C23H21F4NO3S. The number of alkyl halides is 3. The number of rotatable bonds is 9. The molecule has 0 radical (unpaired) electrons. The van der Waals surface area contributed by atoms with Crippen molar-refractivity contribution in [1.29, 1.82) is 0 Å². The maximum Gasteiger partial charge on any atom is 0.573 e. The molecule has 0 spiro atoms. The third-order valence-corrected chi connectivity index (χ3v) is 5.89. The van der Waals surface area contributed by atoms with Crippen LogP contribution in [0.15, 0.2) is 71.3 Å². The quantitative estimate of drug-likeness (QED) is 0.376. The van der Waals surface area contributed by atoms with Gasteiger partial charge in [0.2, 0.25) is 0 Å². The van der Waals surface area contributed by atoms with Crippen molar-refractivity contribution in [2.24, 2.45) is 0 Å². The molecule has 3 rings (SSSR count). The van der Waals surface area contributed by atoms with Crippen molar-refractivity contribution in [2.75, 3.05) is 12.3 Å². The van der Waals surface area contributed by atoms with Crippen LogP contribution in [0.1, 0.15) is 17.5 Å². The van der Waals surface area contributed by atoms with Gasteiger partial charge in [0.05, 0.1) is 10.6 Å². The molecule has 2 aromatic rings. The van der Waals surface area contributed by atoms with Gasteiger partial charge in [-0.3, -0.25) is 0 Å². The van der Waals surface area contributed by atoms with Crippen molar-refractivity contribution >= 4 is 17.7 Å². The molecule has 0 aromatic heterocycles. The number of aliphatic carboxylic acids is 1. The Hall–Kier alpha value is -2.94. The van der Waals surface area contributed by atoms with Crippen molar-refractivity contribution in [3.63, 3.8) is 0 Å². The Morgan fingerprint density at radius 2 is 1.72 bits per heavy atom. The fraction of sp³-hybridized carbons (Fsp3) is 0.261. The molecule has 0 unspecified atom stereocenters. The molecule has 4 nitrogen and oxygen atoms in total. The summed E-state index contributed by atoms with van der Waals surface area (Å²) in [7, 11) is 0. The molecule has 2 aromatic carbocycles. The summed E-state index contributed by atoms with van der Waals surface area (Å²) in [5, 5.41) is 10.2. The Balaban J connectivity index is 1.64. The van der Waals surface area contributed by atoms with E-state index < -0.39 is 12.3 Å². The summed E-state index contributed by atoms with van der Waals surface area (Å²) in [5.74, 6) is -0.980. The van der Waals surface area contributed by atoms with Crippen LogP contribution in [-0.4, -0.2) is 34.6 Å². The van der Waals surface area contributed by atoms with Crippen LogP contribution >= 0.6 is 11.8 Å². The van der Waals surface area contributed by atoms with Crippen molar-refractivity contribution in [3.8, 4) is 5.75 Å². The number of benzene rings is 2. The first-order valence-electron chi connectivity index (χ1n) is 9.82. The number of nitrogens with zero attached hydrogens (tertiary/aromatic N) is 1. The number of thioether (sulfide) groups is 1. The Kier molecular flexibility index (Phi) is 7.84. The molecule has 0 bridgehead atoms. The summed E-state index contributed by atoms with van der Waals surface area (Å²) in [6.07, 6.45) is 0.0673. The molecule has 0 amide bonds. The summed E-state index contributed by atoms with van der Waals surface area (Å²) in [6.45, 7) is 0.825. The van der Waals surface area contributed by atoms with E-state index >= 15 is 0 Å². The normalized spacial score (nSPS) is 14.1. The zero-order valence-corrected chi connectivity index (χ0v) is 17.8. The largest absolute Gasteiger partial charge is 0.573 e. The van der Waals surface area contributed by atoms with E-state index in [0.717, 1.165) is 24.0 Å². The number of ether oxygens (including phenoxy) is 1. The zero-order valence-electron chi connectivity index (χ0n) is 16.9. The van der Waals surface area contributed by atoms with Gasteiger partial charge in [-0.05, 0) is 60.1 Å². The van der Waals surface area contributed by atoms with Gasteiger partial charge >= 0.3 is 12.3 Å². The Morgan fingerprint density at radius 1 is 1.06 bits per heavy atom. The van der Waals surface area contributed by atoms with Gasteiger partial charge in [0, 0.05) is 13.1 Å². The summed E-state index contributed by atoms with van der Waals surface area (Å²) in [4.78, 5) is 13.6. The molecule has 0 fully saturated rings. The minimum absolute atomic E-state index is 0.181. The molecule has 0 atom stereocenters. The molecule has 1 N–H and O–H groups in total. The van der Waals surface area contributed by atoms with Gasteiger partial charge in [-0.15, -0.1) is 24.9 Å². The van der Waals surface area contributed by atoms with E-state index in [0.29, 0.717) is 23.9 Å². The molecule has 1 aliphatic rings. The van der Waals surface area contributed by atoms with E-state index in [2.05, 4.69) is 4.74 Å². The number of carbonyl (C=O) groups is 1. The lowest BCUT2D eigenvalue weighted by Crippen LogP contribution is -2.27. The van der Waals surface area contributed by atoms with Gasteiger partial charge < -0.3 is 14.7 Å². The fourth-order valence-electron chi connectivity index (χ4n) is 3.20. The Labute approximate surface area is 187 Å². The van der Waals surface area contributed by atoms with Crippen LogP contribution in [0.5, 0.6) is 5.75 Å². The minimum Gasteiger partial charge on any atom is -0.478 e. The van der Waals surface area contributed by atoms with Crippen LogP contribution in [0.4, 0.5) is 17.6 Å². The molecule has 32 heavy (non-hydrogen) atoms. The summed E-state index contributed by atoms with van der Waals surface area (Å²) < 4.78 is 53.9. The predicted molar refractivity (Wildman–Crippen MR) is 115 cm³/mol. The van der Waals surface area contributed by atoms with Crippen LogP contribution in [0.2, 0.25) is 0 Å². The molecule has 170 valence electrons. The Bertz CT molecular complexity index is 986. The predicted octanol–water partition coefficient (Wildman–Crippen LogP) is 5.76. The van der Waals surface area contributed by atoms with Crippen LogP contribution in [0.3, 0.4) is 0 Å². The molecule has 0 aliphatic carbocycles. The average molecular weight is 467 g/mol. The maximum atomic E-state index is 13.0. The highest BCUT2D eigenvalue weighted by molar-refractivity contribution is 8.03. The lowest BCUT2D eigenvalue weighted by atomic mass is 10.1. The highest BCUT2D eigenvalue weighted by Gasteiger charge is 2.31. The zero-order chi connectivity index (χ0) is 23.1. The van der Waals surface area contributed by atoms with Gasteiger partial charge in [-0.1, -0.05) is 30.3 Å². The van der Waals surface area contributed by atoms with Gasteiger partial charge in [-0.2, -0.15) is 0 Å². The van der Waals surface area contributed by atoms with E-state index in [9.17, 15) is 27.5 Å². The van der Waals surface area contributed by atoms with Crippen LogP contribution in [0.25, 0.3) is 0 Å². The van der Waals surface area contributed by atoms with Gasteiger partial charge in [0.15, 0.2) is 0 Å². The van der Waals surface area contributed by atoms with Crippen LogP contribution in [-0.2, 0) is 17.8 Å². The summed E-state index contributed by atoms with van der Waals surface area (Å²) in [6, 6.07) is 11.8. The minimum atomic E-state index is -4.75. The second kappa shape index (κ2) is 10.6. The van der Waals surface area contributed by atoms with E-state index in [-0.39, 0.29) is 17.1 Å². The number of aryl methyl sites for hydroxylation is 1. The summed E-state index contributed by atoms with van der Waals surface area (Å²) in [5.41, 5.74) is 1.91. The monoisotopic (exact) mass is 467 g/mol. The second-order valence-corrected chi connectivity index (χ2v) is 8.16.